The monoisotopic (exact) mass is 210 g/mol. The predicted octanol–water partition coefficient (Wildman–Crippen LogP) is 2.09. The van der Waals surface area contributed by atoms with Gasteiger partial charge in [0, 0.05) is 11.8 Å². The maximum atomic E-state index is 12.2. The molecule has 0 radical (unpaired) electrons. The Morgan fingerprint density at radius 1 is 1.53 bits per heavy atom. The summed E-state index contributed by atoms with van der Waals surface area (Å²) >= 11 is 0. The van der Waals surface area contributed by atoms with Crippen LogP contribution in [0, 0.1) is 11.3 Å². The van der Waals surface area contributed by atoms with Crippen LogP contribution in [0.4, 0.5) is 0 Å². The maximum absolute atomic E-state index is 12.2. The van der Waals surface area contributed by atoms with Crippen molar-refractivity contribution in [3.63, 3.8) is 0 Å². The fraction of sp³-hybridized carbons (Fsp3) is 0.833. The maximum Gasteiger partial charge on any atom is 0.306 e. The second-order valence-corrected chi connectivity index (χ2v) is 5.31. The number of fused-ring (bicyclic) bond motifs is 2. The van der Waals surface area contributed by atoms with Crippen LogP contribution in [0.25, 0.3) is 0 Å². The lowest BCUT2D eigenvalue weighted by atomic mass is 9.74. The minimum Gasteiger partial charge on any atom is -0.451 e. The van der Waals surface area contributed by atoms with Crippen molar-refractivity contribution < 1.29 is 14.3 Å². The van der Waals surface area contributed by atoms with Crippen LogP contribution in [-0.4, -0.2) is 17.4 Å². The van der Waals surface area contributed by atoms with Gasteiger partial charge in [-0.1, -0.05) is 20.8 Å². The molecule has 0 N–H and O–H groups in total. The molecule has 2 atom stereocenters. The number of esters is 1. The number of hydrogen-bond acceptors (Lipinski definition) is 3. The van der Waals surface area contributed by atoms with Gasteiger partial charge in [-0.2, -0.15) is 0 Å². The van der Waals surface area contributed by atoms with Crippen molar-refractivity contribution in [3.05, 3.63) is 0 Å². The van der Waals surface area contributed by atoms with Crippen molar-refractivity contribution in [2.45, 2.75) is 52.1 Å². The molecule has 2 bridgehead atoms. The summed E-state index contributed by atoms with van der Waals surface area (Å²) in [6, 6.07) is 0. The summed E-state index contributed by atoms with van der Waals surface area (Å²) in [5.74, 6) is 0.282. The number of rotatable bonds is 2. The van der Waals surface area contributed by atoms with Gasteiger partial charge in [0.25, 0.3) is 0 Å². The van der Waals surface area contributed by atoms with Gasteiger partial charge < -0.3 is 4.74 Å². The number of ether oxygens (including phenoxy) is 1. The van der Waals surface area contributed by atoms with Gasteiger partial charge in [-0.25, -0.2) is 0 Å². The SMILES string of the molecule is CCC(=O)O[C@]12CC[C@H](C1)C(C)(C)C2=O. The molecule has 3 nitrogen and oxygen atoms in total. The van der Waals surface area contributed by atoms with E-state index in [0.29, 0.717) is 12.3 Å². The minimum absolute atomic E-state index is 0.132. The van der Waals surface area contributed by atoms with Crippen molar-refractivity contribution in [2.24, 2.45) is 11.3 Å². The Morgan fingerprint density at radius 3 is 2.67 bits per heavy atom. The summed E-state index contributed by atoms with van der Waals surface area (Å²) in [6.07, 6.45) is 2.83. The molecule has 0 aromatic heterocycles. The highest BCUT2D eigenvalue weighted by atomic mass is 16.6. The van der Waals surface area contributed by atoms with Crippen molar-refractivity contribution in [1.82, 2.24) is 0 Å². The third-order valence-corrected chi connectivity index (χ3v) is 4.09. The molecule has 0 saturated heterocycles. The Labute approximate surface area is 90.2 Å². The first-order valence-corrected chi connectivity index (χ1v) is 5.69. The van der Waals surface area contributed by atoms with Crippen molar-refractivity contribution >= 4 is 11.8 Å². The lowest BCUT2D eigenvalue weighted by Gasteiger charge is -2.32. The van der Waals surface area contributed by atoms with Gasteiger partial charge in [-0.15, -0.1) is 0 Å². The van der Waals surface area contributed by atoms with E-state index in [1.807, 2.05) is 13.8 Å². The zero-order valence-electron chi connectivity index (χ0n) is 9.63. The van der Waals surface area contributed by atoms with Gasteiger partial charge in [0.1, 0.15) is 0 Å². The molecule has 0 spiro atoms. The molecule has 0 heterocycles. The highest BCUT2D eigenvalue weighted by Crippen LogP contribution is 2.56. The lowest BCUT2D eigenvalue weighted by Crippen LogP contribution is -2.44. The van der Waals surface area contributed by atoms with E-state index < -0.39 is 5.60 Å². The van der Waals surface area contributed by atoms with E-state index in [-0.39, 0.29) is 17.2 Å². The van der Waals surface area contributed by atoms with Crippen LogP contribution in [0.5, 0.6) is 0 Å². The summed E-state index contributed by atoms with van der Waals surface area (Å²) in [5, 5.41) is 0. The van der Waals surface area contributed by atoms with Crippen LogP contribution in [0.1, 0.15) is 46.5 Å². The smallest absolute Gasteiger partial charge is 0.306 e. The molecule has 2 aliphatic carbocycles. The molecule has 2 rings (SSSR count). The summed E-state index contributed by atoms with van der Waals surface area (Å²) in [4.78, 5) is 23.5. The number of carbonyl (C=O) groups excluding carboxylic acids is 2. The standard InChI is InChI=1S/C12H18O3/c1-4-9(13)15-12-6-5-8(7-12)11(2,3)10(12)14/h8H,4-7H2,1-3H3/t8-,12-/m1/s1. The van der Waals surface area contributed by atoms with E-state index in [1.54, 1.807) is 6.92 Å². The molecular weight excluding hydrogens is 192 g/mol. The zero-order valence-corrected chi connectivity index (χ0v) is 9.63. The predicted molar refractivity (Wildman–Crippen MR) is 55.2 cm³/mol. The molecule has 0 unspecified atom stereocenters. The van der Waals surface area contributed by atoms with E-state index in [2.05, 4.69) is 0 Å². The molecule has 3 heteroatoms. The van der Waals surface area contributed by atoms with Crippen LogP contribution < -0.4 is 0 Å². The van der Waals surface area contributed by atoms with E-state index in [0.717, 1.165) is 19.3 Å². The van der Waals surface area contributed by atoms with E-state index in [1.165, 1.54) is 0 Å². The van der Waals surface area contributed by atoms with Crippen LogP contribution >= 0.6 is 0 Å². The second-order valence-electron chi connectivity index (χ2n) is 5.31. The molecule has 0 aromatic rings. The summed E-state index contributed by atoms with van der Waals surface area (Å²) in [7, 11) is 0. The Morgan fingerprint density at radius 2 is 2.20 bits per heavy atom. The van der Waals surface area contributed by atoms with Crippen molar-refractivity contribution in [1.29, 1.82) is 0 Å². The summed E-state index contributed by atoms with van der Waals surface area (Å²) < 4.78 is 5.40. The van der Waals surface area contributed by atoms with Gasteiger partial charge in [0.05, 0.1) is 0 Å². The summed E-state index contributed by atoms with van der Waals surface area (Å²) in [6.45, 7) is 5.71. The first-order valence-electron chi connectivity index (χ1n) is 5.69. The topological polar surface area (TPSA) is 43.4 Å². The molecular formula is C12H18O3. The normalized spacial score (nSPS) is 37.0. The molecule has 0 amide bonds. The number of ketones is 1. The Bertz CT molecular complexity index is 319. The fourth-order valence-electron chi connectivity index (χ4n) is 3.03. The first-order chi connectivity index (χ1) is 6.92. The third-order valence-electron chi connectivity index (χ3n) is 4.09. The quantitative estimate of drug-likeness (QED) is 0.655. The second kappa shape index (κ2) is 3.06. The van der Waals surface area contributed by atoms with Crippen molar-refractivity contribution in [2.75, 3.05) is 0 Å². The Kier molecular flexibility index (Phi) is 2.18. The van der Waals surface area contributed by atoms with Crippen molar-refractivity contribution in [3.8, 4) is 0 Å². The zero-order chi connectivity index (χ0) is 11.3. The molecule has 2 fully saturated rings. The van der Waals surface area contributed by atoms with Crippen LogP contribution in [0.3, 0.4) is 0 Å². The molecule has 84 valence electrons. The minimum atomic E-state index is -0.763. The highest BCUT2D eigenvalue weighted by molar-refractivity contribution is 5.97. The molecule has 0 aromatic carbocycles. The number of hydrogen-bond donors (Lipinski definition) is 0. The molecule has 2 saturated carbocycles. The van der Waals surface area contributed by atoms with Gasteiger partial charge in [0.15, 0.2) is 11.4 Å². The lowest BCUT2D eigenvalue weighted by molar-refractivity contribution is -0.167. The van der Waals surface area contributed by atoms with Gasteiger partial charge >= 0.3 is 5.97 Å². The van der Waals surface area contributed by atoms with Crippen LogP contribution in [-0.2, 0) is 14.3 Å². The number of carbonyl (C=O) groups is 2. The van der Waals surface area contributed by atoms with E-state index >= 15 is 0 Å². The Balaban J connectivity index is 2.23. The van der Waals surface area contributed by atoms with Gasteiger partial charge in [-0.3, -0.25) is 9.59 Å². The largest absolute Gasteiger partial charge is 0.451 e. The fourth-order valence-corrected chi connectivity index (χ4v) is 3.03. The van der Waals surface area contributed by atoms with Gasteiger partial charge in [-0.05, 0) is 25.2 Å². The van der Waals surface area contributed by atoms with E-state index in [4.69, 9.17) is 4.74 Å². The summed E-state index contributed by atoms with van der Waals surface area (Å²) in [5.41, 5.74) is -1.06. The number of Topliss-reactive ketones (excluding diaryl/α,β-unsaturated/α-hetero) is 1. The third kappa shape index (κ3) is 1.32. The molecule has 2 aliphatic rings. The van der Waals surface area contributed by atoms with Gasteiger partial charge in [0.2, 0.25) is 0 Å². The highest BCUT2D eigenvalue weighted by Gasteiger charge is 2.63. The Hall–Kier alpha value is -0.860. The average molecular weight is 210 g/mol. The average Bonchev–Trinajstić information content (AvgIpc) is 2.67. The molecule has 0 aliphatic heterocycles. The first kappa shape index (κ1) is 10.7. The molecule has 15 heavy (non-hydrogen) atoms. The van der Waals surface area contributed by atoms with Crippen LogP contribution in [0.15, 0.2) is 0 Å². The van der Waals surface area contributed by atoms with E-state index in [9.17, 15) is 9.59 Å². The van der Waals surface area contributed by atoms with Crippen LogP contribution in [0.2, 0.25) is 0 Å².